The van der Waals surface area contributed by atoms with Crippen LogP contribution in [0.1, 0.15) is 40.9 Å². The smallest absolute Gasteiger partial charge is 0.337 e. The number of H-pyrrole nitrogens is 1. The molecule has 0 spiro atoms. The summed E-state index contributed by atoms with van der Waals surface area (Å²) in [7, 11) is 1.40. The Morgan fingerprint density at radius 2 is 1.91 bits per heavy atom. The van der Waals surface area contributed by atoms with Gasteiger partial charge in [0.05, 0.1) is 12.7 Å². The monoisotopic (exact) mass is 293 g/mol. The fourth-order valence-electron chi connectivity index (χ4n) is 2.91. The quantitative estimate of drug-likeness (QED) is 0.720. The number of ether oxygens (including phenoxy) is 1. The second-order valence-electron chi connectivity index (χ2n) is 5.39. The summed E-state index contributed by atoms with van der Waals surface area (Å²) in [5.74, 6) is 0.0231. The summed E-state index contributed by atoms with van der Waals surface area (Å²) in [6.45, 7) is 2.18. The van der Waals surface area contributed by atoms with Crippen molar-refractivity contribution < 1.29 is 9.53 Å². The summed E-state index contributed by atoms with van der Waals surface area (Å²) in [6, 6.07) is 18.2. The Morgan fingerprint density at radius 3 is 2.59 bits per heavy atom. The fraction of sp³-hybridized carbons (Fsp3) is 0.211. The molecule has 2 aromatic carbocycles. The lowest BCUT2D eigenvalue weighted by molar-refractivity contribution is 0.0601. The van der Waals surface area contributed by atoms with E-state index in [-0.39, 0.29) is 5.97 Å². The molecule has 1 heterocycles. The van der Waals surface area contributed by atoms with Crippen molar-refractivity contribution in [3.63, 3.8) is 0 Å². The Balaban J connectivity index is 2.02. The molecule has 0 bridgehead atoms. The number of hydrogen-bond acceptors (Lipinski definition) is 2. The standard InChI is InChI=1S/C19H19NO2/c1-3-16(13-7-5-4-6-8-13)18-12-15-11-14(19(21)22-2)9-10-17(15)20-18/h4-12,16,20H,3H2,1-2H3. The second-order valence-corrected chi connectivity index (χ2v) is 5.39. The Morgan fingerprint density at radius 1 is 1.14 bits per heavy atom. The molecule has 112 valence electrons. The lowest BCUT2D eigenvalue weighted by atomic mass is 9.93. The number of benzene rings is 2. The number of aromatic nitrogens is 1. The molecule has 0 saturated heterocycles. The van der Waals surface area contributed by atoms with Crippen LogP contribution in [0, 0.1) is 0 Å². The maximum atomic E-state index is 11.6. The zero-order valence-corrected chi connectivity index (χ0v) is 12.8. The Kier molecular flexibility index (Phi) is 3.96. The number of hydrogen-bond donors (Lipinski definition) is 1. The fourth-order valence-corrected chi connectivity index (χ4v) is 2.91. The van der Waals surface area contributed by atoms with E-state index in [1.165, 1.54) is 18.4 Å². The molecule has 3 nitrogen and oxygen atoms in total. The van der Waals surface area contributed by atoms with Crippen LogP contribution >= 0.6 is 0 Å². The van der Waals surface area contributed by atoms with E-state index in [9.17, 15) is 4.79 Å². The van der Waals surface area contributed by atoms with Gasteiger partial charge in [-0.3, -0.25) is 0 Å². The molecule has 0 aliphatic rings. The van der Waals surface area contributed by atoms with Crippen molar-refractivity contribution in [2.75, 3.05) is 7.11 Å². The number of rotatable bonds is 4. The molecule has 1 N–H and O–H groups in total. The van der Waals surface area contributed by atoms with Crippen LogP contribution in [-0.4, -0.2) is 18.1 Å². The first kappa shape index (κ1) is 14.4. The van der Waals surface area contributed by atoms with Crippen molar-refractivity contribution >= 4 is 16.9 Å². The third-order valence-corrected chi connectivity index (χ3v) is 4.05. The summed E-state index contributed by atoms with van der Waals surface area (Å²) in [5.41, 5.74) is 4.08. The van der Waals surface area contributed by atoms with Crippen molar-refractivity contribution in [1.82, 2.24) is 4.98 Å². The molecule has 0 aliphatic heterocycles. The molecule has 0 fully saturated rings. The molecule has 1 unspecified atom stereocenters. The van der Waals surface area contributed by atoms with Gasteiger partial charge in [-0.15, -0.1) is 0 Å². The van der Waals surface area contributed by atoms with E-state index in [2.05, 4.69) is 42.2 Å². The molecule has 0 saturated carbocycles. The van der Waals surface area contributed by atoms with E-state index in [0.717, 1.165) is 17.3 Å². The molecule has 1 aromatic heterocycles. The van der Waals surface area contributed by atoms with Gasteiger partial charge in [-0.25, -0.2) is 4.79 Å². The summed E-state index contributed by atoms with van der Waals surface area (Å²) < 4.78 is 4.78. The largest absolute Gasteiger partial charge is 0.465 e. The SMILES string of the molecule is CCC(c1ccccc1)c1cc2cc(C(=O)OC)ccc2[nH]1. The van der Waals surface area contributed by atoms with Gasteiger partial charge in [0.1, 0.15) is 0 Å². The molecule has 3 heteroatoms. The number of fused-ring (bicyclic) bond motifs is 1. The van der Waals surface area contributed by atoms with Crippen LogP contribution in [0.4, 0.5) is 0 Å². The summed E-state index contributed by atoms with van der Waals surface area (Å²) in [6.07, 6.45) is 1.01. The van der Waals surface area contributed by atoms with E-state index < -0.39 is 0 Å². The highest BCUT2D eigenvalue weighted by atomic mass is 16.5. The van der Waals surface area contributed by atoms with Crippen LogP contribution in [0.15, 0.2) is 54.6 Å². The van der Waals surface area contributed by atoms with Gasteiger partial charge in [0.25, 0.3) is 0 Å². The lowest BCUT2D eigenvalue weighted by Crippen LogP contribution is -2.00. The minimum absolute atomic E-state index is 0.306. The van der Waals surface area contributed by atoms with Gasteiger partial charge in [-0.1, -0.05) is 37.3 Å². The van der Waals surface area contributed by atoms with E-state index in [0.29, 0.717) is 11.5 Å². The number of nitrogens with one attached hydrogen (secondary N) is 1. The van der Waals surface area contributed by atoms with Crippen LogP contribution < -0.4 is 0 Å². The highest BCUT2D eigenvalue weighted by Gasteiger charge is 2.15. The highest BCUT2D eigenvalue weighted by Crippen LogP contribution is 2.30. The van der Waals surface area contributed by atoms with Crippen molar-refractivity contribution in [3.05, 3.63) is 71.4 Å². The third kappa shape index (κ3) is 2.62. The summed E-state index contributed by atoms with van der Waals surface area (Å²) in [4.78, 5) is 15.1. The Hall–Kier alpha value is -2.55. The molecule has 3 rings (SSSR count). The predicted molar refractivity (Wildman–Crippen MR) is 88.2 cm³/mol. The maximum absolute atomic E-state index is 11.6. The average molecular weight is 293 g/mol. The van der Waals surface area contributed by atoms with Crippen molar-refractivity contribution in [2.24, 2.45) is 0 Å². The number of carbonyl (C=O) groups is 1. The zero-order chi connectivity index (χ0) is 15.5. The molecule has 0 amide bonds. The first-order chi connectivity index (χ1) is 10.7. The first-order valence-electron chi connectivity index (χ1n) is 7.49. The van der Waals surface area contributed by atoms with Gasteiger partial charge in [0.15, 0.2) is 0 Å². The molecule has 3 aromatic rings. The van der Waals surface area contributed by atoms with Crippen molar-refractivity contribution in [3.8, 4) is 0 Å². The van der Waals surface area contributed by atoms with Crippen LogP contribution in [-0.2, 0) is 4.74 Å². The van der Waals surface area contributed by atoms with Gasteiger partial charge in [-0.2, -0.15) is 0 Å². The van der Waals surface area contributed by atoms with E-state index >= 15 is 0 Å². The second kappa shape index (κ2) is 6.06. The highest BCUT2D eigenvalue weighted by molar-refractivity contribution is 5.94. The molecule has 0 radical (unpaired) electrons. The maximum Gasteiger partial charge on any atom is 0.337 e. The van der Waals surface area contributed by atoms with Crippen molar-refractivity contribution in [1.29, 1.82) is 0 Å². The molecule has 0 aliphatic carbocycles. The minimum Gasteiger partial charge on any atom is -0.465 e. The number of carbonyl (C=O) groups excluding carboxylic acids is 1. The Labute approximate surface area is 129 Å². The number of methoxy groups -OCH3 is 1. The van der Waals surface area contributed by atoms with Gasteiger partial charge >= 0.3 is 5.97 Å². The predicted octanol–water partition coefficient (Wildman–Crippen LogP) is 4.50. The summed E-state index contributed by atoms with van der Waals surface area (Å²) in [5, 5.41) is 1.03. The first-order valence-corrected chi connectivity index (χ1v) is 7.49. The molecular formula is C19H19NO2. The van der Waals surface area contributed by atoms with Crippen molar-refractivity contribution in [2.45, 2.75) is 19.3 Å². The lowest BCUT2D eigenvalue weighted by Gasteiger charge is -2.13. The normalized spacial score (nSPS) is 12.3. The van der Waals surface area contributed by atoms with Crippen LogP contribution in [0.3, 0.4) is 0 Å². The van der Waals surface area contributed by atoms with E-state index in [4.69, 9.17) is 4.74 Å². The number of aromatic amines is 1. The third-order valence-electron chi connectivity index (χ3n) is 4.05. The molecule has 22 heavy (non-hydrogen) atoms. The van der Waals surface area contributed by atoms with Crippen LogP contribution in [0.5, 0.6) is 0 Å². The van der Waals surface area contributed by atoms with Crippen LogP contribution in [0.2, 0.25) is 0 Å². The summed E-state index contributed by atoms with van der Waals surface area (Å²) >= 11 is 0. The molecular weight excluding hydrogens is 274 g/mol. The average Bonchev–Trinajstić information content (AvgIpc) is 2.98. The van der Waals surface area contributed by atoms with Crippen LogP contribution in [0.25, 0.3) is 10.9 Å². The topological polar surface area (TPSA) is 42.1 Å². The zero-order valence-electron chi connectivity index (χ0n) is 12.8. The van der Waals surface area contributed by atoms with Gasteiger partial charge in [0.2, 0.25) is 0 Å². The van der Waals surface area contributed by atoms with Gasteiger partial charge in [-0.05, 0) is 36.2 Å². The molecule has 1 atom stereocenters. The van der Waals surface area contributed by atoms with E-state index in [1.54, 1.807) is 6.07 Å². The van der Waals surface area contributed by atoms with E-state index in [1.807, 2.05) is 18.2 Å². The number of esters is 1. The van der Waals surface area contributed by atoms with Gasteiger partial charge < -0.3 is 9.72 Å². The van der Waals surface area contributed by atoms with Gasteiger partial charge in [0, 0.05) is 22.5 Å². The minimum atomic E-state index is -0.306. The Bertz CT molecular complexity index is 790.